The lowest BCUT2D eigenvalue weighted by atomic mass is 9.89. The number of aromatic nitrogens is 3. The lowest BCUT2D eigenvalue weighted by Crippen LogP contribution is -2.25. The lowest BCUT2D eigenvalue weighted by molar-refractivity contribution is 0.361. The second-order valence-electron chi connectivity index (χ2n) is 5.69. The highest BCUT2D eigenvalue weighted by Crippen LogP contribution is 2.37. The van der Waals surface area contributed by atoms with Crippen molar-refractivity contribution < 1.29 is 0 Å². The van der Waals surface area contributed by atoms with Crippen LogP contribution >= 0.6 is 0 Å². The van der Waals surface area contributed by atoms with E-state index in [2.05, 4.69) is 32.6 Å². The predicted molar refractivity (Wildman–Crippen MR) is 77.0 cm³/mol. The monoisotopic (exact) mass is 265 g/mol. The SMILES string of the molecule is CN(C)c1nc(NN)nc(NCC2(C)CCCC2)n1. The first-order valence-corrected chi connectivity index (χ1v) is 6.66. The van der Waals surface area contributed by atoms with Gasteiger partial charge in [-0.15, -0.1) is 0 Å². The molecule has 1 saturated carbocycles. The van der Waals surface area contributed by atoms with Gasteiger partial charge >= 0.3 is 0 Å². The molecule has 4 N–H and O–H groups in total. The highest BCUT2D eigenvalue weighted by Gasteiger charge is 2.28. The van der Waals surface area contributed by atoms with E-state index >= 15 is 0 Å². The van der Waals surface area contributed by atoms with Gasteiger partial charge < -0.3 is 10.2 Å². The van der Waals surface area contributed by atoms with Crippen LogP contribution in [-0.4, -0.2) is 35.6 Å². The van der Waals surface area contributed by atoms with Crippen LogP contribution in [0.5, 0.6) is 0 Å². The summed E-state index contributed by atoms with van der Waals surface area (Å²) >= 11 is 0. The van der Waals surface area contributed by atoms with Crippen LogP contribution < -0.4 is 21.5 Å². The summed E-state index contributed by atoms with van der Waals surface area (Å²) in [5.74, 6) is 6.91. The normalized spacial score (nSPS) is 17.3. The minimum atomic E-state index is 0.348. The molecule has 7 heteroatoms. The van der Waals surface area contributed by atoms with Crippen molar-refractivity contribution in [3.8, 4) is 0 Å². The highest BCUT2D eigenvalue weighted by molar-refractivity contribution is 5.42. The first kappa shape index (κ1) is 13.8. The fourth-order valence-corrected chi connectivity index (χ4v) is 2.41. The maximum Gasteiger partial charge on any atom is 0.243 e. The van der Waals surface area contributed by atoms with Crippen molar-refractivity contribution in [3.63, 3.8) is 0 Å². The van der Waals surface area contributed by atoms with E-state index in [1.54, 1.807) is 0 Å². The average molecular weight is 265 g/mol. The Labute approximate surface area is 114 Å². The van der Waals surface area contributed by atoms with Gasteiger partial charge in [-0.1, -0.05) is 19.8 Å². The molecule has 1 aromatic rings. The second kappa shape index (κ2) is 5.56. The van der Waals surface area contributed by atoms with Gasteiger partial charge in [-0.3, -0.25) is 5.43 Å². The number of rotatable bonds is 5. The number of anilines is 3. The quantitative estimate of drug-likeness (QED) is 0.544. The number of nitrogens with zero attached hydrogens (tertiary/aromatic N) is 4. The minimum Gasteiger partial charge on any atom is -0.353 e. The summed E-state index contributed by atoms with van der Waals surface area (Å²) in [5.41, 5.74) is 2.82. The van der Waals surface area contributed by atoms with Gasteiger partial charge in [0.15, 0.2) is 0 Å². The molecule has 106 valence electrons. The first-order valence-electron chi connectivity index (χ1n) is 6.66. The molecule has 0 amide bonds. The number of hydrazine groups is 1. The Balaban J connectivity index is 2.08. The largest absolute Gasteiger partial charge is 0.353 e. The Morgan fingerprint density at radius 1 is 1.16 bits per heavy atom. The molecule has 7 nitrogen and oxygen atoms in total. The first-order chi connectivity index (χ1) is 9.02. The molecule has 19 heavy (non-hydrogen) atoms. The third kappa shape index (κ3) is 3.44. The van der Waals surface area contributed by atoms with E-state index in [9.17, 15) is 0 Å². The number of hydrogen-bond donors (Lipinski definition) is 3. The van der Waals surface area contributed by atoms with Crippen molar-refractivity contribution in [1.29, 1.82) is 0 Å². The zero-order valence-corrected chi connectivity index (χ0v) is 11.9. The van der Waals surface area contributed by atoms with Crippen LogP contribution in [-0.2, 0) is 0 Å². The lowest BCUT2D eigenvalue weighted by Gasteiger charge is -2.24. The third-order valence-electron chi connectivity index (χ3n) is 3.64. The summed E-state index contributed by atoms with van der Waals surface area (Å²) in [6.45, 7) is 3.19. The van der Waals surface area contributed by atoms with Gasteiger partial charge in [0.25, 0.3) is 0 Å². The molecule has 0 radical (unpaired) electrons. The zero-order chi connectivity index (χ0) is 13.9. The van der Waals surface area contributed by atoms with Gasteiger partial charge in [0.2, 0.25) is 17.8 Å². The van der Waals surface area contributed by atoms with Crippen LogP contribution in [0.1, 0.15) is 32.6 Å². The molecule has 0 spiro atoms. The third-order valence-corrected chi connectivity index (χ3v) is 3.64. The summed E-state index contributed by atoms with van der Waals surface area (Å²) < 4.78 is 0. The second-order valence-corrected chi connectivity index (χ2v) is 5.69. The average Bonchev–Trinajstić information content (AvgIpc) is 2.83. The molecule has 2 rings (SSSR count). The maximum atomic E-state index is 5.38. The summed E-state index contributed by atoms with van der Waals surface area (Å²) in [6, 6.07) is 0. The molecule has 1 aromatic heterocycles. The topological polar surface area (TPSA) is 92.0 Å². The molecule has 1 fully saturated rings. The van der Waals surface area contributed by atoms with Gasteiger partial charge in [0.1, 0.15) is 0 Å². The predicted octanol–water partition coefficient (Wildman–Crippen LogP) is 1.22. The van der Waals surface area contributed by atoms with Gasteiger partial charge in [0, 0.05) is 20.6 Å². The Morgan fingerprint density at radius 3 is 2.37 bits per heavy atom. The van der Waals surface area contributed by atoms with Gasteiger partial charge in [0.05, 0.1) is 0 Å². The van der Waals surface area contributed by atoms with E-state index in [-0.39, 0.29) is 0 Å². The van der Waals surface area contributed by atoms with E-state index in [4.69, 9.17) is 5.84 Å². The minimum absolute atomic E-state index is 0.348. The molecule has 0 bridgehead atoms. The van der Waals surface area contributed by atoms with Crippen LogP contribution in [0.4, 0.5) is 17.8 Å². The standard InChI is InChI=1S/C12H23N7/c1-12(6-4-5-7-12)8-14-9-15-10(18-13)17-11(16-9)19(2)3/h4-8,13H2,1-3H3,(H2,14,15,16,17,18). The molecule has 0 aromatic carbocycles. The number of nitrogens with one attached hydrogen (secondary N) is 2. The molecule has 1 aliphatic carbocycles. The molecule has 0 unspecified atom stereocenters. The fourth-order valence-electron chi connectivity index (χ4n) is 2.41. The van der Waals surface area contributed by atoms with Crippen LogP contribution in [0.25, 0.3) is 0 Å². The summed E-state index contributed by atoms with van der Waals surface area (Å²) in [4.78, 5) is 14.6. The van der Waals surface area contributed by atoms with Crippen molar-refractivity contribution in [2.45, 2.75) is 32.6 Å². The number of nitrogen functional groups attached to an aromatic ring is 1. The molecule has 0 saturated heterocycles. The van der Waals surface area contributed by atoms with Crippen LogP contribution in [0.15, 0.2) is 0 Å². The molecule has 0 atom stereocenters. The summed E-state index contributed by atoms with van der Waals surface area (Å²) in [7, 11) is 3.77. The van der Waals surface area contributed by atoms with Crippen molar-refractivity contribution in [2.24, 2.45) is 11.3 Å². The van der Waals surface area contributed by atoms with E-state index in [0.717, 1.165) is 6.54 Å². The van der Waals surface area contributed by atoms with Gasteiger partial charge in [-0.2, -0.15) is 15.0 Å². The van der Waals surface area contributed by atoms with Crippen molar-refractivity contribution in [1.82, 2.24) is 15.0 Å². The van der Waals surface area contributed by atoms with Crippen molar-refractivity contribution in [2.75, 3.05) is 36.3 Å². The molecule has 1 aliphatic rings. The van der Waals surface area contributed by atoms with E-state index in [1.807, 2.05) is 19.0 Å². The number of nitrogens with two attached hydrogens (primary N) is 1. The molecule has 1 heterocycles. The maximum absolute atomic E-state index is 5.38. The Kier molecular flexibility index (Phi) is 4.04. The van der Waals surface area contributed by atoms with E-state index in [1.165, 1.54) is 25.7 Å². The van der Waals surface area contributed by atoms with E-state index in [0.29, 0.717) is 23.3 Å². The molecular weight excluding hydrogens is 242 g/mol. The summed E-state index contributed by atoms with van der Waals surface area (Å²) in [5, 5.41) is 3.31. The van der Waals surface area contributed by atoms with Crippen molar-refractivity contribution in [3.05, 3.63) is 0 Å². The highest BCUT2D eigenvalue weighted by atomic mass is 15.4. The Bertz CT molecular complexity index is 426. The molecule has 0 aliphatic heterocycles. The summed E-state index contributed by atoms with van der Waals surface area (Å²) in [6.07, 6.45) is 5.14. The van der Waals surface area contributed by atoms with Gasteiger partial charge in [-0.05, 0) is 18.3 Å². The van der Waals surface area contributed by atoms with E-state index < -0.39 is 0 Å². The zero-order valence-electron chi connectivity index (χ0n) is 11.9. The van der Waals surface area contributed by atoms with Crippen LogP contribution in [0.2, 0.25) is 0 Å². The fraction of sp³-hybridized carbons (Fsp3) is 0.750. The van der Waals surface area contributed by atoms with Crippen molar-refractivity contribution >= 4 is 17.8 Å². The Morgan fingerprint density at radius 2 is 1.79 bits per heavy atom. The number of hydrogen-bond acceptors (Lipinski definition) is 7. The smallest absolute Gasteiger partial charge is 0.243 e. The van der Waals surface area contributed by atoms with Crippen LogP contribution in [0, 0.1) is 5.41 Å². The molecular formula is C12H23N7. The van der Waals surface area contributed by atoms with Crippen LogP contribution in [0.3, 0.4) is 0 Å². The van der Waals surface area contributed by atoms with Gasteiger partial charge in [-0.25, -0.2) is 5.84 Å². The Hall–Kier alpha value is -1.63.